The fourth-order valence-corrected chi connectivity index (χ4v) is 4.69. The molecule has 7 nitrogen and oxygen atoms in total. The average molecular weight is 467 g/mol. The number of pyridine rings is 2. The van der Waals surface area contributed by atoms with E-state index < -0.39 is 16.4 Å². The van der Waals surface area contributed by atoms with Crippen LogP contribution in [0, 0.1) is 0 Å². The van der Waals surface area contributed by atoms with Crippen LogP contribution in [-0.4, -0.2) is 36.2 Å². The van der Waals surface area contributed by atoms with Gasteiger partial charge in [-0.2, -0.15) is 0 Å². The first-order valence-corrected chi connectivity index (χ1v) is 11.9. The maximum atomic E-state index is 13.0. The number of nitrogens with one attached hydrogen (secondary N) is 2. The van der Waals surface area contributed by atoms with Gasteiger partial charge in [-0.3, -0.25) is 0 Å². The minimum Gasteiger partial charge on any atom is -0.338 e. The van der Waals surface area contributed by atoms with Crippen molar-refractivity contribution in [2.75, 3.05) is 0 Å². The van der Waals surface area contributed by atoms with E-state index in [1.165, 1.54) is 24.5 Å². The third-order valence-corrected chi connectivity index (χ3v) is 6.41. The Labute approximate surface area is 186 Å². The number of fused-ring (bicyclic) bond motifs is 1. The van der Waals surface area contributed by atoms with Crippen molar-refractivity contribution < 1.29 is 22.0 Å². The minimum absolute atomic E-state index is 0.0588. The molecular weight excluding hydrogens is 438 g/mol. The number of aromatic nitrogens is 3. The van der Waals surface area contributed by atoms with Gasteiger partial charge in [0.05, 0.1) is 5.69 Å². The number of unbranched alkanes of at least 4 members (excludes halogenated alkanes) is 1. The molecule has 0 aromatic carbocycles. The zero-order valence-corrected chi connectivity index (χ0v) is 19.0. The third kappa shape index (κ3) is 6.17. The molecule has 174 valence electrons. The van der Waals surface area contributed by atoms with Gasteiger partial charge in [0.2, 0.25) is 0 Å². The smallest absolute Gasteiger partial charge is 0.278 e. The summed E-state index contributed by atoms with van der Waals surface area (Å²) in [5.41, 5.74) is 1.41. The fraction of sp³-hybridized carbons (Fsp3) is 0.409. The van der Waals surface area contributed by atoms with E-state index in [2.05, 4.69) is 26.6 Å². The van der Waals surface area contributed by atoms with Crippen LogP contribution in [-0.2, 0) is 14.8 Å². The second-order valence-electron chi connectivity index (χ2n) is 7.28. The summed E-state index contributed by atoms with van der Waals surface area (Å²) in [6, 6.07) is 6.00. The lowest BCUT2D eigenvalue weighted by Gasteiger charge is -2.17. The molecule has 0 saturated heterocycles. The Hall–Kier alpha value is -2.72. The van der Waals surface area contributed by atoms with E-state index in [9.17, 15) is 17.2 Å². The van der Waals surface area contributed by atoms with Crippen molar-refractivity contribution in [1.82, 2.24) is 19.7 Å². The van der Waals surface area contributed by atoms with E-state index in [1.54, 1.807) is 12.1 Å². The quantitative estimate of drug-likeness (QED) is 0.437. The Kier molecular flexibility index (Phi) is 9.40. The first-order valence-electron chi connectivity index (χ1n) is 10.4. The lowest BCUT2D eigenvalue weighted by Crippen LogP contribution is -2.35. The summed E-state index contributed by atoms with van der Waals surface area (Å²) in [7, 11) is -3.74. The summed E-state index contributed by atoms with van der Waals surface area (Å²) in [5.74, 6) is 0. The lowest BCUT2D eigenvalue weighted by atomic mass is 10.1. The summed E-state index contributed by atoms with van der Waals surface area (Å²) >= 11 is 0. The molecule has 32 heavy (non-hydrogen) atoms. The summed E-state index contributed by atoms with van der Waals surface area (Å²) in [6.07, 6.45) is 4.73. The van der Waals surface area contributed by atoms with E-state index in [-0.39, 0.29) is 16.8 Å². The first-order chi connectivity index (χ1) is 15.4. The van der Waals surface area contributed by atoms with Crippen molar-refractivity contribution in [3.05, 3.63) is 42.4 Å². The molecule has 0 spiro atoms. The SMILES string of the molecule is C=O.CCCCC(CCC)NS(=O)(=O)c1ccc(-c2ccnc3[nH]c(C(F)F)cc23)cn1. The molecule has 0 bridgehead atoms. The van der Waals surface area contributed by atoms with Crippen molar-refractivity contribution >= 4 is 27.8 Å². The number of aromatic amines is 1. The molecule has 3 aromatic rings. The zero-order valence-electron chi connectivity index (χ0n) is 18.1. The van der Waals surface area contributed by atoms with E-state index in [0.717, 1.165) is 32.1 Å². The number of carbonyl (C=O) groups excluding carboxylic acids is 1. The zero-order chi connectivity index (χ0) is 23.7. The molecular formula is C22H28F2N4O3S. The van der Waals surface area contributed by atoms with Crippen LogP contribution in [0.4, 0.5) is 8.78 Å². The number of sulfonamides is 1. The fourth-order valence-electron chi connectivity index (χ4n) is 3.46. The standard InChI is InChI=1S/C21H26F2N4O2S.CH2O/c1-3-5-7-15(6-4-2)27-30(28,29)19-9-8-14(13-25-19)16-10-11-24-21-17(16)12-18(26-21)20(22)23;1-2/h8-13,15,20,27H,3-7H2,1-2H3,(H,24,26);1H2. The van der Waals surface area contributed by atoms with Crippen LogP contribution in [0.2, 0.25) is 0 Å². The summed E-state index contributed by atoms with van der Waals surface area (Å²) < 4.78 is 54.3. The van der Waals surface area contributed by atoms with Crippen LogP contribution in [0.15, 0.2) is 41.7 Å². The predicted molar refractivity (Wildman–Crippen MR) is 120 cm³/mol. The highest BCUT2D eigenvalue weighted by atomic mass is 32.2. The van der Waals surface area contributed by atoms with Crippen molar-refractivity contribution in [2.45, 2.75) is 63.4 Å². The Morgan fingerprint density at radius 1 is 1.09 bits per heavy atom. The maximum Gasteiger partial charge on any atom is 0.278 e. The van der Waals surface area contributed by atoms with Crippen molar-refractivity contribution in [2.24, 2.45) is 0 Å². The van der Waals surface area contributed by atoms with Gasteiger partial charge in [-0.15, -0.1) is 0 Å². The highest BCUT2D eigenvalue weighted by Gasteiger charge is 2.21. The molecule has 1 unspecified atom stereocenters. The van der Waals surface area contributed by atoms with Crippen LogP contribution < -0.4 is 4.72 Å². The van der Waals surface area contributed by atoms with Gasteiger partial charge in [-0.1, -0.05) is 33.1 Å². The monoisotopic (exact) mass is 466 g/mol. The first kappa shape index (κ1) is 25.5. The number of H-pyrrole nitrogens is 1. The summed E-state index contributed by atoms with van der Waals surface area (Å²) in [5, 5.41) is 0.474. The topological polar surface area (TPSA) is 105 Å². The molecule has 1 atom stereocenters. The van der Waals surface area contributed by atoms with Gasteiger partial charge in [0.1, 0.15) is 12.4 Å². The van der Waals surface area contributed by atoms with Crippen LogP contribution in [0.25, 0.3) is 22.2 Å². The number of alkyl halides is 2. The molecule has 3 rings (SSSR count). The molecule has 0 aliphatic carbocycles. The second-order valence-corrected chi connectivity index (χ2v) is 8.94. The van der Waals surface area contributed by atoms with Gasteiger partial charge in [0.25, 0.3) is 16.4 Å². The van der Waals surface area contributed by atoms with E-state index in [0.29, 0.717) is 22.2 Å². The molecule has 10 heteroatoms. The number of halogens is 2. The van der Waals surface area contributed by atoms with Crippen molar-refractivity contribution in [3.63, 3.8) is 0 Å². The van der Waals surface area contributed by atoms with Crippen molar-refractivity contribution in [1.29, 1.82) is 0 Å². The molecule has 3 aromatic heterocycles. The maximum absolute atomic E-state index is 13.0. The Bertz CT molecular complexity index is 1100. The highest BCUT2D eigenvalue weighted by Crippen LogP contribution is 2.30. The highest BCUT2D eigenvalue weighted by molar-refractivity contribution is 7.89. The van der Waals surface area contributed by atoms with Crippen molar-refractivity contribution in [3.8, 4) is 11.1 Å². The van der Waals surface area contributed by atoms with Gasteiger partial charge in [-0.25, -0.2) is 31.9 Å². The van der Waals surface area contributed by atoms with Crippen LogP contribution in [0.1, 0.15) is 58.1 Å². The van der Waals surface area contributed by atoms with Crippen LogP contribution >= 0.6 is 0 Å². The van der Waals surface area contributed by atoms with E-state index in [1.807, 2.05) is 13.7 Å². The Balaban J connectivity index is 0.00000176. The minimum atomic E-state index is -3.74. The molecule has 0 aliphatic heterocycles. The molecule has 0 radical (unpaired) electrons. The third-order valence-electron chi connectivity index (χ3n) is 4.98. The predicted octanol–water partition coefficient (Wildman–Crippen LogP) is 5.01. The molecule has 0 amide bonds. The lowest BCUT2D eigenvalue weighted by molar-refractivity contribution is -0.0980. The molecule has 0 fully saturated rings. The molecule has 0 aliphatic rings. The second kappa shape index (κ2) is 11.8. The van der Waals surface area contributed by atoms with Gasteiger partial charge in [0.15, 0.2) is 5.03 Å². The number of hydrogen-bond donors (Lipinski definition) is 2. The molecule has 0 saturated carbocycles. The number of rotatable bonds is 10. The summed E-state index contributed by atoms with van der Waals surface area (Å²) in [6.45, 7) is 6.10. The van der Waals surface area contributed by atoms with Gasteiger partial charge in [-0.05, 0) is 42.7 Å². The number of carbonyl (C=O) groups is 1. The number of hydrogen-bond acceptors (Lipinski definition) is 5. The van der Waals surface area contributed by atoms with Crippen LogP contribution in [0.3, 0.4) is 0 Å². The summed E-state index contributed by atoms with van der Waals surface area (Å²) in [4.78, 5) is 18.8. The van der Waals surface area contributed by atoms with Gasteiger partial charge >= 0.3 is 0 Å². The van der Waals surface area contributed by atoms with E-state index in [4.69, 9.17) is 4.79 Å². The van der Waals surface area contributed by atoms with Gasteiger partial charge in [0, 0.05) is 29.4 Å². The Morgan fingerprint density at radius 2 is 1.84 bits per heavy atom. The average Bonchev–Trinajstić information content (AvgIpc) is 3.24. The Morgan fingerprint density at radius 3 is 2.44 bits per heavy atom. The largest absolute Gasteiger partial charge is 0.338 e. The van der Waals surface area contributed by atoms with Crippen LogP contribution in [0.5, 0.6) is 0 Å². The molecule has 2 N–H and O–H groups in total. The van der Waals surface area contributed by atoms with E-state index >= 15 is 0 Å². The molecule has 3 heterocycles. The number of nitrogens with zero attached hydrogens (tertiary/aromatic N) is 2. The van der Waals surface area contributed by atoms with Gasteiger partial charge < -0.3 is 9.78 Å². The normalized spacial score (nSPS) is 12.5.